The Balaban J connectivity index is 2.58. The van der Waals surface area contributed by atoms with Gasteiger partial charge in [0.2, 0.25) is 0 Å². The predicted octanol–water partition coefficient (Wildman–Crippen LogP) is 2.54. The van der Waals surface area contributed by atoms with Crippen molar-refractivity contribution in [3.8, 4) is 5.75 Å². The van der Waals surface area contributed by atoms with E-state index in [-0.39, 0.29) is 6.04 Å². The Bertz CT molecular complexity index is 338. The highest BCUT2D eigenvalue weighted by Crippen LogP contribution is 2.37. The number of fused-ring (bicyclic) bond motifs is 1. The van der Waals surface area contributed by atoms with E-state index >= 15 is 0 Å². The summed E-state index contributed by atoms with van der Waals surface area (Å²) in [6.07, 6.45) is 0.898. The highest BCUT2D eigenvalue weighted by Gasteiger charge is 2.21. The molecule has 3 heteroatoms. The van der Waals surface area contributed by atoms with Crippen LogP contribution >= 0.6 is 15.9 Å². The Kier molecular flexibility index (Phi) is 2.30. The molecule has 0 fully saturated rings. The third-order valence-electron chi connectivity index (χ3n) is 2.39. The largest absolute Gasteiger partial charge is 0.493 e. The molecule has 13 heavy (non-hydrogen) atoms. The lowest BCUT2D eigenvalue weighted by Gasteiger charge is -2.24. The molecule has 0 saturated carbocycles. The first-order chi connectivity index (χ1) is 6.20. The van der Waals surface area contributed by atoms with Gasteiger partial charge in [0, 0.05) is 22.5 Å². The Morgan fingerprint density at radius 1 is 1.54 bits per heavy atom. The summed E-state index contributed by atoms with van der Waals surface area (Å²) in [7, 11) is 0. The number of halogens is 1. The molecule has 1 heterocycles. The van der Waals surface area contributed by atoms with Crippen LogP contribution in [-0.2, 0) is 0 Å². The van der Waals surface area contributed by atoms with E-state index in [1.54, 1.807) is 0 Å². The van der Waals surface area contributed by atoms with E-state index in [0.29, 0.717) is 0 Å². The minimum atomic E-state index is 0.109. The van der Waals surface area contributed by atoms with E-state index in [0.717, 1.165) is 28.8 Å². The van der Waals surface area contributed by atoms with Crippen LogP contribution in [0.5, 0.6) is 5.75 Å². The number of hydrogen-bond acceptors (Lipinski definition) is 2. The van der Waals surface area contributed by atoms with Crippen LogP contribution in [0.1, 0.15) is 23.6 Å². The number of benzene rings is 1. The van der Waals surface area contributed by atoms with Gasteiger partial charge in [-0.15, -0.1) is 0 Å². The molecule has 1 atom stereocenters. The molecule has 1 aromatic carbocycles. The second-order valence-corrected chi connectivity index (χ2v) is 4.14. The fraction of sp³-hybridized carbons (Fsp3) is 0.400. The van der Waals surface area contributed by atoms with Gasteiger partial charge in [-0.3, -0.25) is 0 Å². The fourth-order valence-corrected chi connectivity index (χ4v) is 2.22. The zero-order valence-electron chi connectivity index (χ0n) is 7.51. The van der Waals surface area contributed by atoms with Gasteiger partial charge in [0.05, 0.1) is 6.61 Å². The van der Waals surface area contributed by atoms with Crippen LogP contribution < -0.4 is 10.5 Å². The second kappa shape index (κ2) is 3.31. The van der Waals surface area contributed by atoms with Crippen LogP contribution in [0.25, 0.3) is 0 Å². The van der Waals surface area contributed by atoms with Gasteiger partial charge in [-0.25, -0.2) is 0 Å². The minimum Gasteiger partial charge on any atom is -0.493 e. The molecule has 0 aromatic heterocycles. The maximum Gasteiger partial charge on any atom is 0.125 e. The predicted molar refractivity (Wildman–Crippen MR) is 55.9 cm³/mol. The number of ether oxygens (including phenoxy) is 1. The Morgan fingerprint density at radius 2 is 2.31 bits per heavy atom. The van der Waals surface area contributed by atoms with Gasteiger partial charge in [-0.05, 0) is 18.6 Å². The molecule has 1 aromatic rings. The lowest BCUT2D eigenvalue weighted by atomic mass is 9.99. The maximum atomic E-state index is 6.01. The van der Waals surface area contributed by atoms with E-state index in [9.17, 15) is 0 Å². The van der Waals surface area contributed by atoms with Crippen molar-refractivity contribution >= 4 is 15.9 Å². The normalized spacial score (nSPS) is 20.7. The zero-order chi connectivity index (χ0) is 9.42. The Morgan fingerprint density at radius 3 is 3.08 bits per heavy atom. The Labute approximate surface area is 86.2 Å². The molecule has 70 valence electrons. The van der Waals surface area contributed by atoms with Crippen molar-refractivity contribution in [1.82, 2.24) is 0 Å². The molecule has 0 spiro atoms. The average molecular weight is 242 g/mol. The highest BCUT2D eigenvalue weighted by molar-refractivity contribution is 9.10. The molecule has 0 saturated heterocycles. The number of hydrogen-bond donors (Lipinski definition) is 1. The molecular formula is C10H12BrNO. The molecule has 2 rings (SSSR count). The van der Waals surface area contributed by atoms with Crippen molar-refractivity contribution in [3.05, 3.63) is 27.7 Å². The van der Waals surface area contributed by atoms with Gasteiger partial charge in [0.1, 0.15) is 5.75 Å². The molecule has 0 aliphatic carbocycles. The van der Waals surface area contributed by atoms with Gasteiger partial charge in [0.15, 0.2) is 0 Å². The van der Waals surface area contributed by atoms with Crippen molar-refractivity contribution in [2.24, 2.45) is 5.73 Å². The number of rotatable bonds is 0. The monoisotopic (exact) mass is 241 g/mol. The molecule has 2 N–H and O–H groups in total. The SMILES string of the molecule is Cc1ccc2c(c1Br)[C@@H](N)CCO2. The summed E-state index contributed by atoms with van der Waals surface area (Å²) in [5.41, 5.74) is 8.33. The summed E-state index contributed by atoms with van der Waals surface area (Å²) in [5.74, 6) is 0.927. The van der Waals surface area contributed by atoms with E-state index in [1.165, 1.54) is 5.56 Å². The third kappa shape index (κ3) is 1.46. The van der Waals surface area contributed by atoms with Crippen LogP contribution in [0.2, 0.25) is 0 Å². The summed E-state index contributed by atoms with van der Waals surface area (Å²) < 4.78 is 6.61. The van der Waals surface area contributed by atoms with Crippen LogP contribution in [0, 0.1) is 6.92 Å². The van der Waals surface area contributed by atoms with E-state index < -0.39 is 0 Å². The quantitative estimate of drug-likeness (QED) is 0.758. The topological polar surface area (TPSA) is 35.2 Å². The highest BCUT2D eigenvalue weighted by atomic mass is 79.9. The molecular weight excluding hydrogens is 230 g/mol. The number of nitrogens with two attached hydrogens (primary N) is 1. The van der Waals surface area contributed by atoms with E-state index in [2.05, 4.69) is 22.9 Å². The van der Waals surface area contributed by atoms with Crippen LogP contribution in [0.4, 0.5) is 0 Å². The Hall–Kier alpha value is -0.540. The molecule has 1 aliphatic rings. The van der Waals surface area contributed by atoms with Crippen LogP contribution in [0.3, 0.4) is 0 Å². The van der Waals surface area contributed by atoms with Gasteiger partial charge >= 0.3 is 0 Å². The fourth-order valence-electron chi connectivity index (χ4n) is 1.60. The first-order valence-electron chi connectivity index (χ1n) is 4.37. The molecule has 0 amide bonds. The zero-order valence-corrected chi connectivity index (χ0v) is 9.10. The first-order valence-corrected chi connectivity index (χ1v) is 5.17. The van der Waals surface area contributed by atoms with Gasteiger partial charge in [-0.2, -0.15) is 0 Å². The maximum absolute atomic E-state index is 6.01. The molecule has 2 nitrogen and oxygen atoms in total. The minimum absolute atomic E-state index is 0.109. The first kappa shape index (κ1) is 9.03. The summed E-state index contributed by atoms with van der Waals surface area (Å²) in [5, 5.41) is 0. The van der Waals surface area contributed by atoms with Gasteiger partial charge in [0.25, 0.3) is 0 Å². The standard InChI is InChI=1S/C10H12BrNO/c1-6-2-3-8-9(10(6)11)7(12)4-5-13-8/h2-3,7H,4-5,12H2,1H3/t7-/m0/s1. The van der Waals surface area contributed by atoms with E-state index in [1.807, 2.05) is 12.1 Å². The third-order valence-corrected chi connectivity index (χ3v) is 3.44. The van der Waals surface area contributed by atoms with Crippen molar-refractivity contribution in [2.45, 2.75) is 19.4 Å². The molecule has 0 bridgehead atoms. The second-order valence-electron chi connectivity index (χ2n) is 3.35. The van der Waals surface area contributed by atoms with Crippen LogP contribution in [-0.4, -0.2) is 6.61 Å². The van der Waals surface area contributed by atoms with Crippen molar-refractivity contribution < 1.29 is 4.74 Å². The van der Waals surface area contributed by atoms with Crippen LogP contribution in [0.15, 0.2) is 16.6 Å². The van der Waals surface area contributed by atoms with Crippen molar-refractivity contribution in [1.29, 1.82) is 0 Å². The number of aryl methyl sites for hydroxylation is 1. The summed E-state index contributed by atoms with van der Waals surface area (Å²) in [6.45, 7) is 2.79. The van der Waals surface area contributed by atoms with Gasteiger partial charge < -0.3 is 10.5 Å². The molecule has 1 aliphatic heterocycles. The molecule has 0 radical (unpaired) electrons. The summed E-state index contributed by atoms with van der Waals surface area (Å²) >= 11 is 3.55. The molecule has 0 unspecified atom stereocenters. The summed E-state index contributed by atoms with van der Waals surface area (Å²) in [6, 6.07) is 4.15. The van der Waals surface area contributed by atoms with Crippen molar-refractivity contribution in [2.75, 3.05) is 6.61 Å². The lowest BCUT2D eigenvalue weighted by Crippen LogP contribution is -2.21. The summed E-state index contributed by atoms with van der Waals surface area (Å²) in [4.78, 5) is 0. The lowest BCUT2D eigenvalue weighted by molar-refractivity contribution is 0.268. The smallest absolute Gasteiger partial charge is 0.125 e. The van der Waals surface area contributed by atoms with Gasteiger partial charge in [-0.1, -0.05) is 22.0 Å². The van der Waals surface area contributed by atoms with E-state index in [4.69, 9.17) is 10.5 Å². The average Bonchev–Trinajstić information content (AvgIpc) is 2.12. The van der Waals surface area contributed by atoms with Crippen molar-refractivity contribution in [3.63, 3.8) is 0 Å².